The van der Waals surface area contributed by atoms with Crippen LogP contribution in [0.25, 0.3) is 0 Å². The van der Waals surface area contributed by atoms with E-state index in [1.807, 2.05) is 0 Å². The van der Waals surface area contributed by atoms with E-state index in [0.29, 0.717) is 33.6 Å². The molecule has 0 saturated heterocycles. The number of guanidine groups is 1. The number of hydrogen-bond donors (Lipinski definition) is 2. The van der Waals surface area contributed by atoms with Crippen molar-refractivity contribution in [1.29, 1.82) is 0 Å². The lowest BCUT2D eigenvalue weighted by Gasteiger charge is -2.25. The van der Waals surface area contributed by atoms with Crippen molar-refractivity contribution >= 4 is 61.2 Å². The topological polar surface area (TPSA) is 102 Å². The molecule has 0 atom stereocenters. The number of carbonyl (C=O) groups excluding carboxylic acids is 2. The fraction of sp³-hybridized carbons (Fsp3) is 0.267. The molecule has 1 aliphatic carbocycles. The molecule has 0 aromatic heterocycles. The van der Waals surface area contributed by atoms with Gasteiger partial charge in [0.05, 0.1) is 10.0 Å². The highest BCUT2D eigenvalue weighted by Gasteiger charge is 2.34. The second-order valence-corrected chi connectivity index (χ2v) is 8.00. The van der Waals surface area contributed by atoms with Crippen molar-refractivity contribution in [3.8, 4) is 0 Å². The number of aliphatic imine (C=N–C) groups is 1. The third-order valence-electron chi connectivity index (χ3n) is 3.81. The number of benzene rings is 1. The first-order valence-electron chi connectivity index (χ1n) is 7.15. The lowest BCUT2D eigenvalue weighted by molar-refractivity contribution is 0.0857. The van der Waals surface area contributed by atoms with Gasteiger partial charge < -0.3 is 26.4 Å². The maximum absolute atomic E-state index is 12.8. The Hall–Kier alpha value is -1.70. The van der Waals surface area contributed by atoms with Crippen LogP contribution in [0.5, 0.6) is 0 Å². The monoisotopic (exact) mass is 385 g/mol. The summed E-state index contributed by atoms with van der Waals surface area (Å²) in [4.78, 5) is 30.6. The normalized spacial score (nSPS) is 19.2. The zero-order valence-corrected chi connectivity index (χ0v) is 14.9. The average Bonchev–Trinajstić information content (AvgIpc) is 3.28. The summed E-state index contributed by atoms with van der Waals surface area (Å²) >= 11 is 12.1. The van der Waals surface area contributed by atoms with Gasteiger partial charge in [0.25, 0.3) is 5.91 Å². The van der Waals surface area contributed by atoms with Crippen LogP contribution >= 0.6 is 23.2 Å². The Morgan fingerprint density at radius 2 is 1.88 bits per heavy atom. The third-order valence-corrected chi connectivity index (χ3v) is 5.96. The molecule has 128 valence electrons. The lowest BCUT2D eigenvalue weighted by atomic mass is 10.1. The number of hydrogen-bond acceptors (Lipinski definition) is 3. The van der Waals surface area contributed by atoms with Crippen molar-refractivity contribution in [3.05, 3.63) is 33.3 Å². The van der Waals surface area contributed by atoms with Gasteiger partial charge in [-0.1, -0.05) is 28.2 Å². The predicted octanol–water partition coefficient (Wildman–Crippen LogP) is 1.78. The van der Waals surface area contributed by atoms with E-state index in [2.05, 4.69) is 10.9 Å². The van der Waals surface area contributed by atoms with Gasteiger partial charge in [-0.05, 0) is 36.5 Å². The summed E-state index contributed by atoms with van der Waals surface area (Å²) < 4.78 is 0. The molecule has 4 N–H and O–H groups in total. The van der Waals surface area contributed by atoms with Gasteiger partial charge in [0, 0.05) is 12.1 Å². The van der Waals surface area contributed by atoms with Crippen LogP contribution in [-0.2, 0) is 10.1 Å². The van der Waals surface area contributed by atoms with Gasteiger partial charge in [0.1, 0.15) is 0 Å². The van der Waals surface area contributed by atoms with E-state index in [1.165, 1.54) is 6.07 Å². The lowest BCUT2D eigenvalue weighted by Crippen LogP contribution is -2.34. The molecule has 0 unspecified atom stereocenters. The number of halogens is 2. The quantitative estimate of drug-likeness (QED) is 0.350. The van der Waals surface area contributed by atoms with Crippen molar-refractivity contribution in [2.24, 2.45) is 22.4 Å². The smallest absolute Gasteiger partial charge is 0.257 e. The summed E-state index contributed by atoms with van der Waals surface area (Å²) in [5.74, 6) is 3.78. The first-order chi connectivity index (χ1) is 11.3. The molecule has 1 heterocycles. The molecule has 3 rings (SSSR count). The zero-order valence-electron chi connectivity index (χ0n) is 12.6. The van der Waals surface area contributed by atoms with E-state index in [1.54, 1.807) is 11.0 Å². The molecule has 1 aromatic rings. The van der Waals surface area contributed by atoms with Crippen molar-refractivity contribution in [2.45, 2.75) is 12.8 Å². The fourth-order valence-electron chi connectivity index (χ4n) is 2.52. The van der Waals surface area contributed by atoms with Gasteiger partial charge >= 0.3 is 0 Å². The molecular weight excluding hydrogens is 371 g/mol. The molecule has 1 saturated carbocycles. The number of carbonyl (C=O) groups is 2. The predicted molar refractivity (Wildman–Crippen MR) is 100 cm³/mol. The van der Waals surface area contributed by atoms with Gasteiger partial charge in [-0.2, -0.15) is 0 Å². The molecule has 1 fully saturated rings. The minimum absolute atomic E-state index is 0.205. The highest BCUT2D eigenvalue weighted by molar-refractivity contribution is 8.07. The molecule has 9 heteroatoms. The van der Waals surface area contributed by atoms with Crippen LogP contribution in [0.1, 0.15) is 28.8 Å². The molecule has 1 aromatic carbocycles. The van der Waals surface area contributed by atoms with E-state index < -0.39 is 15.3 Å². The minimum Gasteiger partial charge on any atom is -0.370 e. The van der Waals surface area contributed by atoms with E-state index in [0.717, 1.165) is 12.8 Å². The summed E-state index contributed by atoms with van der Waals surface area (Å²) in [6.45, 7) is 0.534. The maximum Gasteiger partial charge on any atom is 0.257 e. The highest BCUT2D eigenvalue weighted by Crippen LogP contribution is 2.36. The average molecular weight is 386 g/mol. The Labute approximate surface area is 150 Å². The standard InChI is InChI=1S/C15H15Cl2N4O2S/c1-24(15(23)20-14(18)19)13-9-5-11(17)10(16)4-8(9)12(22)21(13)6-7-2-3-7/h4-5,7H,1-3,6H2,(H4,18,19,20,23)/q-1. The van der Waals surface area contributed by atoms with E-state index in [4.69, 9.17) is 34.7 Å². The number of nitrogens with two attached hydrogens (primary N) is 2. The van der Waals surface area contributed by atoms with Crippen molar-refractivity contribution in [1.82, 2.24) is 4.90 Å². The van der Waals surface area contributed by atoms with Crippen molar-refractivity contribution in [2.75, 3.05) is 6.54 Å². The Bertz CT molecular complexity index is 866. The van der Waals surface area contributed by atoms with Crippen LogP contribution in [0.15, 0.2) is 17.1 Å². The Morgan fingerprint density at radius 1 is 1.29 bits per heavy atom. The van der Waals surface area contributed by atoms with Gasteiger partial charge in [0.2, 0.25) is 0 Å². The highest BCUT2D eigenvalue weighted by atomic mass is 35.5. The van der Waals surface area contributed by atoms with Gasteiger partial charge in [-0.3, -0.25) is 9.59 Å². The summed E-state index contributed by atoms with van der Waals surface area (Å²) in [5, 5.41) is 0.00804. The molecule has 1 aliphatic heterocycles. The SMILES string of the molecule is C=[S-](C(=O)N=C(N)N)=C1c2cc(Cl)c(Cl)cc2C(=O)N1CC1CC1. The summed E-state index contributed by atoms with van der Waals surface area (Å²) in [6.07, 6.45) is 2.11. The Morgan fingerprint density at radius 3 is 2.42 bits per heavy atom. The zero-order chi connectivity index (χ0) is 17.6. The van der Waals surface area contributed by atoms with E-state index >= 15 is 0 Å². The second-order valence-electron chi connectivity index (χ2n) is 5.67. The van der Waals surface area contributed by atoms with Crippen LogP contribution in [0, 0.1) is 5.92 Å². The molecule has 0 bridgehead atoms. The minimum atomic E-state index is -1.24. The molecule has 24 heavy (non-hydrogen) atoms. The summed E-state index contributed by atoms with van der Waals surface area (Å²) in [6, 6.07) is 3.12. The van der Waals surface area contributed by atoms with Crippen molar-refractivity contribution < 1.29 is 9.59 Å². The Kier molecular flexibility index (Phi) is 4.50. The number of nitrogens with zero attached hydrogens (tertiary/aromatic N) is 2. The van der Waals surface area contributed by atoms with Crippen LogP contribution in [0.3, 0.4) is 0 Å². The summed E-state index contributed by atoms with van der Waals surface area (Å²) in [7, 11) is -1.24. The Balaban J connectivity index is 2.18. The number of rotatable bonds is 2. The first-order valence-corrected chi connectivity index (χ1v) is 9.30. The number of amides is 2. The van der Waals surface area contributed by atoms with Gasteiger partial charge in [-0.15, -0.1) is 0 Å². The fourth-order valence-corrected chi connectivity index (χ4v) is 4.08. The van der Waals surface area contributed by atoms with Crippen LogP contribution in [0.2, 0.25) is 10.0 Å². The molecule has 0 spiro atoms. The largest absolute Gasteiger partial charge is 0.370 e. The van der Waals surface area contributed by atoms with Crippen molar-refractivity contribution in [3.63, 3.8) is 0 Å². The molecule has 0 radical (unpaired) electrons. The van der Waals surface area contributed by atoms with Gasteiger partial charge in [-0.25, -0.2) is 10.9 Å². The maximum atomic E-state index is 12.8. The van der Waals surface area contributed by atoms with E-state index in [9.17, 15) is 9.59 Å². The molecular formula is C15H15Cl2N4O2S-. The van der Waals surface area contributed by atoms with Crippen LogP contribution in [-0.4, -0.2) is 39.4 Å². The van der Waals surface area contributed by atoms with Gasteiger partial charge in [0.15, 0.2) is 11.2 Å². The second kappa shape index (κ2) is 6.31. The van der Waals surface area contributed by atoms with Crippen LogP contribution < -0.4 is 11.5 Å². The number of fused-ring (bicyclic) bond motifs is 1. The molecule has 6 nitrogen and oxygen atoms in total. The van der Waals surface area contributed by atoms with Crippen LogP contribution in [0.4, 0.5) is 4.79 Å². The third kappa shape index (κ3) is 3.11. The summed E-state index contributed by atoms with van der Waals surface area (Å²) in [5.41, 5.74) is 11.5. The first kappa shape index (κ1) is 17.1. The molecule has 2 aliphatic rings. The molecule has 2 amide bonds. The van der Waals surface area contributed by atoms with E-state index in [-0.39, 0.29) is 16.9 Å².